The normalized spacial score (nSPS) is 31.2. The van der Waals surface area contributed by atoms with Gasteiger partial charge in [-0.25, -0.2) is 0 Å². The molecule has 0 aromatic rings. The molecular weight excluding hydrogens is 186 g/mol. The molecule has 3 nitrogen and oxygen atoms in total. The quantitative estimate of drug-likeness (QED) is 0.752. The summed E-state index contributed by atoms with van der Waals surface area (Å²) in [6.07, 6.45) is 5.06. The number of nitrogens with zero attached hydrogens (tertiary/aromatic N) is 2. The van der Waals surface area contributed by atoms with Crippen LogP contribution in [-0.2, 0) is 0 Å². The molecule has 0 bridgehead atoms. The van der Waals surface area contributed by atoms with E-state index in [9.17, 15) is 0 Å². The van der Waals surface area contributed by atoms with E-state index in [0.717, 1.165) is 6.04 Å². The van der Waals surface area contributed by atoms with Crippen molar-refractivity contribution in [2.45, 2.75) is 44.7 Å². The molecule has 1 unspecified atom stereocenters. The molecule has 0 aromatic heterocycles. The van der Waals surface area contributed by atoms with Crippen molar-refractivity contribution in [2.75, 3.05) is 32.7 Å². The van der Waals surface area contributed by atoms with Crippen molar-refractivity contribution in [3.63, 3.8) is 0 Å². The highest BCUT2D eigenvalue weighted by molar-refractivity contribution is 4.86. The molecule has 2 heterocycles. The second kappa shape index (κ2) is 5.28. The minimum absolute atomic E-state index is 0.467. The maximum absolute atomic E-state index is 5.93. The second-order valence-electron chi connectivity index (χ2n) is 5.12. The van der Waals surface area contributed by atoms with E-state index in [1.807, 2.05) is 0 Å². The van der Waals surface area contributed by atoms with E-state index in [2.05, 4.69) is 16.7 Å². The van der Waals surface area contributed by atoms with Crippen molar-refractivity contribution >= 4 is 0 Å². The van der Waals surface area contributed by atoms with Gasteiger partial charge in [-0.1, -0.05) is 6.92 Å². The third kappa shape index (κ3) is 2.92. The van der Waals surface area contributed by atoms with Crippen molar-refractivity contribution in [1.29, 1.82) is 0 Å². The van der Waals surface area contributed by atoms with Crippen LogP contribution < -0.4 is 5.73 Å². The van der Waals surface area contributed by atoms with Gasteiger partial charge in [-0.2, -0.15) is 0 Å². The average Bonchev–Trinajstić information content (AvgIpc) is 2.68. The van der Waals surface area contributed by atoms with Crippen LogP contribution >= 0.6 is 0 Å². The molecule has 88 valence electrons. The summed E-state index contributed by atoms with van der Waals surface area (Å²) in [5.74, 6) is 0. The fourth-order valence-electron chi connectivity index (χ4n) is 2.91. The zero-order valence-electron chi connectivity index (χ0n) is 9.99. The fraction of sp³-hybridized carbons (Fsp3) is 1.00. The Morgan fingerprint density at radius 3 is 2.53 bits per heavy atom. The summed E-state index contributed by atoms with van der Waals surface area (Å²) in [6, 6.07) is 1.29. The smallest absolute Gasteiger partial charge is 0.0235 e. The summed E-state index contributed by atoms with van der Waals surface area (Å²) in [7, 11) is 0. The first kappa shape index (κ1) is 11.4. The number of rotatable bonds is 3. The molecule has 0 aromatic carbocycles. The summed E-state index contributed by atoms with van der Waals surface area (Å²) >= 11 is 0. The van der Waals surface area contributed by atoms with E-state index in [1.54, 1.807) is 0 Å². The predicted molar refractivity (Wildman–Crippen MR) is 63.9 cm³/mol. The molecule has 0 spiro atoms. The van der Waals surface area contributed by atoms with Gasteiger partial charge in [0, 0.05) is 18.6 Å². The van der Waals surface area contributed by atoms with E-state index < -0.39 is 0 Å². The molecule has 1 atom stereocenters. The van der Waals surface area contributed by atoms with Gasteiger partial charge in [0.15, 0.2) is 0 Å². The van der Waals surface area contributed by atoms with Gasteiger partial charge in [0.05, 0.1) is 0 Å². The molecule has 2 aliphatic heterocycles. The van der Waals surface area contributed by atoms with Crippen molar-refractivity contribution in [1.82, 2.24) is 9.80 Å². The number of nitrogens with two attached hydrogens (primary N) is 1. The number of piperidine rings is 1. The van der Waals surface area contributed by atoms with Crippen LogP contribution in [0.4, 0.5) is 0 Å². The highest BCUT2D eigenvalue weighted by Crippen LogP contribution is 2.19. The highest BCUT2D eigenvalue weighted by atomic mass is 15.3. The summed E-state index contributed by atoms with van der Waals surface area (Å²) in [5, 5.41) is 0. The van der Waals surface area contributed by atoms with Crippen molar-refractivity contribution in [3.05, 3.63) is 0 Å². The molecule has 2 N–H and O–H groups in total. The van der Waals surface area contributed by atoms with Crippen molar-refractivity contribution < 1.29 is 0 Å². The minimum Gasteiger partial charge on any atom is -0.328 e. The molecular formula is C12H25N3. The van der Waals surface area contributed by atoms with Gasteiger partial charge in [0.2, 0.25) is 0 Å². The monoisotopic (exact) mass is 211 g/mol. The topological polar surface area (TPSA) is 32.5 Å². The van der Waals surface area contributed by atoms with Gasteiger partial charge in [-0.05, 0) is 51.9 Å². The third-order valence-corrected chi connectivity index (χ3v) is 3.88. The van der Waals surface area contributed by atoms with E-state index in [4.69, 9.17) is 5.73 Å². The molecule has 2 saturated heterocycles. The Kier molecular flexibility index (Phi) is 4.00. The maximum atomic E-state index is 5.93. The Bertz CT molecular complexity index is 187. The molecule has 3 heteroatoms. The van der Waals surface area contributed by atoms with Gasteiger partial charge in [-0.15, -0.1) is 0 Å². The molecule has 0 radical (unpaired) electrons. The molecule has 2 aliphatic rings. The Morgan fingerprint density at radius 1 is 1.13 bits per heavy atom. The number of hydrogen-bond acceptors (Lipinski definition) is 3. The SMILES string of the molecule is CCCN1CCC(N2CCC(N)CC2)C1. The Balaban J connectivity index is 1.75. The van der Waals surface area contributed by atoms with E-state index in [-0.39, 0.29) is 0 Å². The lowest BCUT2D eigenvalue weighted by molar-refractivity contribution is 0.152. The zero-order valence-corrected chi connectivity index (χ0v) is 9.99. The molecule has 0 saturated carbocycles. The maximum Gasteiger partial charge on any atom is 0.0235 e. The summed E-state index contributed by atoms with van der Waals surface area (Å²) in [5.41, 5.74) is 5.93. The lowest BCUT2D eigenvalue weighted by Crippen LogP contribution is -2.46. The Hall–Kier alpha value is -0.120. The van der Waals surface area contributed by atoms with E-state index >= 15 is 0 Å². The Labute approximate surface area is 93.6 Å². The van der Waals surface area contributed by atoms with Gasteiger partial charge < -0.3 is 10.6 Å². The van der Waals surface area contributed by atoms with Gasteiger partial charge in [0.25, 0.3) is 0 Å². The average molecular weight is 211 g/mol. The third-order valence-electron chi connectivity index (χ3n) is 3.88. The minimum atomic E-state index is 0.467. The summed E-state index contributed by atoms with van der Waals surface area (Å²) < 4.78 is 0. The first-order valence-corrected chi connectivity index (χ1v) is 6.51. The second-order valence-corrected chi connectivity index (χ2v) is 5.12. The standard InChI is InChI=1S/C12H25N3/c1-2-6-14-7-5-12(10-14)15-8-3-11(13)4-9-15/h11-12H,2-10,13H2,1H3. The van der Waals surface area contributed by atoms with Crippen LogP contribution in [0.3, 0.4) is 0 Å². The first-order valence-electron chi connectivity index (χ1n) is 6.51. The lowest BCUT2D eigenvalue weighted by atomic mass is 10.0. The van der Waals surface area contributed by atoms with Gasteiger partial charge in [-0.3, -0.25) is 4.90 Å². The van der Waals surface area contributed by atoms with Crippen LogP contribution in [0.5, 0.6) is 0 Å². The van der Waals surface area contributed by atoms with Gasteiger partial charge >= 0.3 is 0 Å². The van der Waals surface area contributed by atoms with Gasteiger partial charge in [0.1, 0.15) is 0 Å². The first-order chi connectivity index (χ1) is 7.29. The van der Waals surface area contributed by atoms with Crippen molar-refractivity contribution in [2.24, 2.45) is 5.73 Å². The fourth-order valence-corrected chi connectivity index (χ4v) is 2.91. The van der Waals surface area contributed by atoms with E-state index in [1.165, 1.54) is 58.4 Å². The summed E-state index contributed by atoms with van der Waals surface area (Å²) in [6.45, 7) is 8.61. The number of hydrogen-bond donors (Lipinski definition) is 1. The van der Waals surface area contributed by atoms with Crippen LogP contribution in [0.15, 0.2) is 0 Å². The molecule has 0 amide bonds. The van der Waals surface area contributed by atoms with Crippen molar-refractivity contribution in [3.8, 4) is 0 Å². The van der Waals surface area contributed by atoms with Crippen LogP contribution in [0.1, 0.15) is 32.6 Å². The van der Waals surface area contributed by atoms with Crippen LogP contribution in [-0.4, -0.2) is 54.6 Å². The molecule has 0 aliphatic carbocycles. The summed E-state index contributed by atoms with van der Waals surface area (Å²) in [4.78, 5) is 5.28. The highest BCUT2D eigenvalue weighted by Gasteiger charge is 2.29. The largest absolute Gasteiger partial charge is 0.328 e. The predicted octanol–water partition coefficient (Wildman–Crippen LogP) is 0.894. The lowest BCUT2D eigenvalue weighted by Gasteiger charge is -2.34. The Morgan fingerprint density at radius 2 is 1.87 bits per heavy atom. The molecule has 15 heavy (non-hydrogen) atoms. The number of likely N-dealkylation sites (tertiary alicyclic amines) is 2. The molecule has 2 fully saturated rings. The van der Waals surface area contributed by atoms with Crippen LogP contribution in [0.2, 0.25) is 0 Å². The van der Waals surface area contributed by atoms with Crippen LogP contribution in [0.25, 0.3) is 0 Å². The van der Waals surface area contributed by atoms with E-state index in [0.29, 0.717) is 6.04 Å². The zero-order chi connectivity index (χ0) is 10.7. The van der Waals surface area contributed by atoms with Crippen LogP contribution in [0, 0.1) is 0 Å². The molecule has 2 rings (SSSR count).